The van der Waals surface area contributed by atoms with Crippen LogP contribution in [0, 0.1) is 19.7 Å². The number of aliphatic hydroxyl groups excluding tert-OH is 1. The van der Waals surface area contributed by atoms with Crippen molar-refractivity contribution in [2.45, 2.75) is 26.5 Å². The van der Waals surface area contributed by atoms with Crippen LogP contribution in [0.4, 0.5) is 4.39 Å². The third-order valence-electron chi connectivity index (χ3n) is 4.09. The van der Waals surface area contributed by atoms with Crippen LogP contribution in [0.3, 0.4) is 0 Å². The van der Waals surface area contributed by atoms with Gasteiger partial charge in [0.15, 0.2) is 11.6 Å². The standard InChI is InChI=1S/C16H19FN4O3/c1-10-16(11(2)21(19-10)3-4-22)14-5-15(13(17)6-18-14)24-12-7-20(8-12)9-23/h5-6,9,12,22H,3-4,7-8H2,1-2H3. The molecule has 1 saturated heterocycles. The number of amides is 1. The summed E-state index contributed by atoms with van der Waals surface area (Å²) in [6.45, 7) is 5.00. The zero-order chi connectivity index (χ0) is 17.3. The Hall–Kier alpha value is -2.48. The summed E-state index contributed by atoms with van der Waals surface area (Å²) in [4.78, 5) is 16.3. The van der Waals surface area contributed by atoms with E-state index in [1.165, 1.54) is 0 Å². The first-order valence-corrected chi connectivity index (χ1v) is 7.70. The zero-order valence-electron chi connectivity index (χ0n) is 13.6. The van der Waals surface area contributed by atoms with Crippen LogP contribution in [0.5, 0.6) is 5.75 Å². The minimum absolute atomic E-state index is 0.0124. The highest BCUT2D eigenvalue weighted by Gasteiger charge is 2.28. The molecule has 1 amide bonds. The summed E-state index contributed by atoms with van der Waals surface area (Å²) in [5.41, 5.74) is 2.97. The number of nitrogens with zero attached hydrogens (tertiary/aromatic N) is 4. The van der Waals surface area contributed by atoms with E-state index in [2.05, 4.69) is 10.1 Å². The van der Waals surface area contributed by atoms with Crippen molar-refractivity contribution in [3.05, 3.63) is 29.5 Å². The smallest absolute Gasteiger partial charge is 0.209 e. The molecular weight excluding hydrogens is 315 g/mol. The van der Waals surface area contributed by atoms with Gasteiger partial charge in [-0.3, -0.25) is 14.5 Å². The second-order valence-electron chi connectivity index (χ2n) is 5.79. The number of aromatic nitrogens is 3. The highest BCUT2D eigenvalue weighted by atomic mass is 19.1. The van der Waals surface area contributed by atoms with Gasteiger partial charge in [0.05, 0.1) is 43.8 Å². The Morgan fingerprint density at radius 1 is 1.46 bits per heavy atom. The number of aryl methyl sites for hydroxylation is 1. The lowest BCUT2D eigenvalue weighted by Crippen LogP contribution is -2.52. The molecule has 2 aromatic rings. The lowest BCUT2D eigenvalue weighted by molar-refractivity contribution is -0.126. The van der Waals surface area contributed by atoms with Gasteiger partial charge in [0.1, 0.15) is 6.10 Å². The number of aliphatic hydroxyl groups is 1. The van der Waals surface area contributed by atoms with Crippen molar-refractivity contribution in [1.29, 1.82) is 0 Å². The molecule has 7 nitrogen and oxygen atoms in total. The molecule has 0 spiro atoms. The number of halogens is 1. The van der Waals surface area contributed by atoms with Crippen LogP contribution in [0.2, 0.25) is 0 Å². The van der Waals surface area contributed by atoms with Crippen molar-refractivity contribution in [3.8, 4) is 17.0 Å². The minimum Gasteiger partial charge on any atom is -0.484 e. The molecule has 0 aliphatic carbocycles. The summed E-state index contributed by atoms with van der Waals surface area (Å²) in [6.07, 6.45) is 1.67. The molecule has 1 aliphatic heterocycles. The number of ether oxygens (including phenoxy) is 1. The average molecular weight is 334 g/mol. The summed E-state index contributed by atoms with van der Waals surface area (Å²) in [7, 11) is 0. The van der Waals surface area contributed by atoms with Gasteiger partial charge in [-0.2, -0.15) is 5.10 Å². The highest BCUT2D eigenvalue weighted by molar-refractivity contribution is 5.66. The Morgan fingerprint density at radius 3 is 2.88 bits per heavy atom. The molecule has 0 radical (unpaired) electrons. The van der Waals surface area contributed by atoms with E-state index in [-0.39, 0.29) is 18.5 Å². The molecule has 3 heterocycles. The molecule has 0 unspecified atom stereocenters. The van der Waals surface area contributed by atoms with Gasteiger partial charge in [-0.05, 0) is 13.8 Å². The number of likely N-dealkylation sites (tertiary alicyclic amines) is 1. The van der Waals surface area contributed by atoms with E-state index in [4.69, 9.17) is 9.84 Å². The SMILES string of the molecule is Cc1nn(CCO)c(C)c1-c1cc(OC2CN(C=O)C2)c(F)cn1. The van der Waals surface area contributed by atoms with Gasteiger partial charge in [0, 0.05) is 17.3 Å². The number of hydrogen-bond donors (Lipinski definition) is 1. The minimum atomic E-state index is -0.540. The highest BCUT2D eigenvalue weighted by Crippen LogP contribution is 2.30. The van der Waals surface area contributed by atoms with Crippen LogP contribution in [-0.2, 0) is 11.3 Å². The first kappa shape index (κ1) is 16.4. The average Bonchev–Trinajstić information content (AvgIpc) is 2.79. The summed E-state index contributed by atoms with van der Waals surface area (Å²) in [6, 6.07) is 1.55. The molecular formula is C16H19FN4O3. The molecule has 0 aromatic carbocycles. The lowest BCUT2D eigenvalue weighted by Gasteiger charge is -2.36. The normalized spacial score (nSPS) is 14.6. The first-order valence-electron chi connectivity index (χ1n) is 7.70. The first-order chi connectivity index (χ1) is 11.5. The Morgan fingerprint density at radius 2 is 2.21 bits per heavy atom. The van der Waals surface area contributed by atoms with Crippen molar-refractivity contribution in [3.63, 3.8) is 0 Å². The van der Waals surface area contributed by atoms with Gasteiger partial charge in [-0.25, -0.2) is 4.39 Å². The van der Waals surface area contributed by atoms with E-state index in [0.717, 1.165) is 29.6 Å². The molecule has 0 bridgehead atoms. The maximum atomic E-state index is 14.0. The van der Waals surface area contributed by atoms with Crippen LogP contribution >= 0.6 is 0 Å². The summed E-state index contributed by atoms with van der Waals surface area (Å²) < 4.78 is 21.3. The molecule has 1 aliphatic rings. The number of hydrogen-bond acceptors (Lipinski definition) is 5. The van der Waals surface area contributed by atoms with Crippen molar-refractivity contribution >= 4 is 6.41 Å². The Kier molecular flexibility index (Phi) is 4.48. The predicted molar refractivity (Wildman–Crippen MR) is 84.0 cm³/mol. The van der Waals surface area contributed by atoms with E-state index in [1.807, 2.05) is 13.8 Å². The maximum Gasteiger partial charge on any atom is 0.209 e. The van der Waals surface area contributed by atoms with Crippen molar-refractivity contribution < 1.29 is 19.0 Å². The number of carbonyl (C=O) groups is 1. The van der Waals surface area contributed by atoms with Gasteiger partial charge in [0.2, 0.25) is 6.41 Å². The fraction of sp³-hybridized carbons (Fsp3) is 0.438. The number of rotatable bonds is 6. The van der Waals surface area contributed by atoms with Gasteiger partial charge in [0.25, 0.3) is 0 Å². The molecule has 1 N–H and O–H groups in total. The van der Waals surface area contributed by atoms with Crippen molar-refractivity contribution in [1.82, 2.24) is 19.7 Å². The molecule has 24 heavy (non-hydrogen) atoms. The fourth-order valence-electron chi connectivity index (χ4n) is 2.84. The zero-order valence-corrected chi connectivity index (χ0v) is 13.6. The molecule has 0 saturated carbocycles. The molecule has 2 aromatic heterocycles. The van der Waals surface area contributed by atoms with Gasteiger partial charge < -0.3 is 14.7 Å². The maximum absolute atomic E-state index is 14.0. The molecule has 3 rings (SSSR count). The van der Waals surface area contributed by atoms with Crippen LogP contribution in [0.15, 0.2) is 12.3 Å². The summed E-state index contributed by atoms with van der Waals surface area (Å²) in [5.74, 6) is -0.425. The van der Waals surface area contributed by atoms with Gasteiger partial charge >= 0.3 is 0 Å². The van der Waals surface area contributed by atoms with Crippen LogP contribution < -0.4 is 4.74 Å². The Balaban J connectivity index is 1.87. The molecule has 8 heteroatoms. The van der Waals surface area contributed by atoms with Gasteiger partial charge in [-0.15, -0.1) is 0 Å². The molecule has 1 fully saturated rings. The van der Waals surface area contributed by atoms with Crippen LogP contribution in [0.1, 0.15) is 11.4 Å². The third-order valence-corrected chi connectivity index (χ3v) is 4.09. The van der Waals surface area contributed by atoms with Crippen molar-refractivity contribution in [2.24, 2.45) is 0 Å². The predicted octanol–water partition coefficient (Wildman–Crippen LogP) is 0.913. The van der Waals surface area contributed by atoms with E-state index in [0.29, 0.717) is 25.3 Å². The second-order valence-corrected chi connectivity index (χ2v) is 5.79. The topological polar surface area (TPSA) is 80.5 Å². The van der Waals surface area contributed by atoms with E-state index in [1.54, 1.807) is 15.6 Å². The van der Waals surface area contributed by atoms with Crippen LogP contribution in [0.25, 0.3) is 11.3 Å². The molecule has 128 valence electrons. The largest absolute Gasteiger partial charge is 0.484 e. The Bertz CT molecular complexity index is 756. The Labute approximate surface area is 138 Å². The van der Waals surface area contributed by atoms with Crippen molar-refractivity contribution in [2.75, 3.05) is 19.7 Å². The lowest BCUT2D eigenvalue weighted by atomic mass is 10.1. The van der Waals surface area contributed by atoms with E-state index in [9.17, 15) is 9.18 Å². The second kappa shape index (κ2) is 6.56. The quantitative estimate of drug-likeness (QED) is 0.795. The van der Waals surface area contributed by atoms with Gasteiger partial charge in [-0.1, -0.05) is 0 Å². The fourth-order valence-corrected chi connectivity index (χ4v) is 2.84. The third kappa shape index (κ3) is 2.96. The summed E-state index contributed by atoms with van der Waals surface area (Å²) >= 11 is 0. The molecule has 0 atom stereocenters. The summed E-state index contributed by atoms with van der Waals surface area (Å²) in [5, 5.41) is 13.5. The van der Waals surface area contributed by atoms with E-state index >= 15 is 0 Å². The van der Waals surface area contributed by atoms with Crippen LogP contribution in [-0.4, -0.2) is 57.0 Å². The van der Waals surface area contributed by atoms with E-state index < -0.39 is 5.82 Å². The monoisotopic (exact) mass is 334 g/mol. The number of pyridine rings is 1. The number of carbonyl (C=O) groups excluding carboxylic acids is 1.